The van der Waals surface area contributed by atoms with Gasteiger partial charge in [0, 0.05) is 12.5 Å². The molecule has 2 atom stereocenters. The van der Waals surface area contributed by atoms with Gasteiger partial charge in [0.1, 0.15) is 11.6 Å². The predicted molar refractivity (Wildman–Crippen MR) is 81.0 cm³/mol. The Labute approximate surface area is 128 Å². The average Bonchev–Trinajstić information content (AvgIpc) is 3.08. The molecule has 1 unspecified atom stereocenters. The van der Waals surface area contributed by atoms with E-state index in [9.17, 15) is 9.18 Å². The van der Waals surface area contributed by atoms with E-state index < -0.39 is 0 Å². The number of halogens is 1. The van der Waals surface area contributed by atoms with E-state index in [1.807, 2.05) is 19.1 Å². The summed E-state index contributed by atoms with van der Waals surface area (Å²) in [6, 6.07) is 8.18. The minimum atomic E-state index is -0.226. The highest BCUT2D eigenvalue weighted by atomic mass is 19.1. The molecule has 0 fully saturated rings. The summed E-state index contributed by atoms with van der Waals surface area (Å²) >= 11 is 0. The maximum absolute atomic E-state index is 13.2. The van der Waals surface area contributed by atoms with Crippen LogP contribution in [0.4, 0.5) is 9.18 Å². The summed E-state index contributed by atoms with van der Waals surface area (Å²) in [7, 11) is 0. The fraction of sp³-hybridized carbons (Fsp3) is 0.353. The van der Waals surface area contributed by atoms with E-state index in [1.165, 1.54) is 6.07 Å². The van der Waals surface area contributed by atoms with Gasteiger partial charge < -0.3 is 15.1 Å². The zero-order chi connectivity index (χ0) is 15.5. The number of fused-ring (bicyclic) bond motifs is 1. The molecule has 1 aliphatic rings. The van der Waals surface area contributed by atoms with Gasteiger partial charge in [-0.2, -0.15) is 0 Å². The first-order valence-electron chi connectivity index (χ1n) is 7.49. The molecule has 1 heterocycles. The Hall–Kier alpha value is -2.30. The largest absolute Gasteiger partial charge is 0.469 e. The highest BCUT2D eigenvalue weighted by molar-refractivity contribution is 5.75. The Morgan fingerprint density at radius 1 is 1.45 bits per heavy atom. The zero-order valence-corrected chi connectivity index (χ0v) is 12.4. The van der Waals surface area contributed by atoms with Gasteiger partial charge in [-0.3, -0.25) is 0 Å². The summed E-state index contributed by atoms with van der Waals surface area (Å²) < 4.78 is 18.5. The third-order valence-corrected chi connectivity index (χ3v) is 3.95. The number of benzene rings is 1. The molecule has 22 heavy (non-hydrogen) atoms. The topological polar surface area (TPSA) is 54.3 Å². The fourth-order valence-corrected chi connectivity index (χ4v) is 2.94. The molecule has 0 radical (unpaired) electrons. The lowest BCUT2D eigenvalue weighted by molar-refractivity contribution is 0.233. The van der Waals surface area contributed by atoms with Gasteiger partial charge in [-0.25, -0.2) is 9.18 Å². The molecule has 2 amide bonds. The number of hydrogen-bond donors (Lipinski definition) is 2. The minimum absolute atomic E-state index is 0.0276. The molecule has 0 bridgehead atoms. The van der Waals surface area contributed by atoms with Crippen LogP contribution in [-0.2, 0) is 12.8 Å². The number of furan rings is 1. The number of nitrogens with one attached hydrogen (secondary N) is 2. The van der Waals surface area contributed by atoms with Crippen LogP contribution in [0.1, 0.15) is 36.3 Å². The number of rotatable bonds is 4. The maximum atomic E-state index is 13.2. The van der Waals surface area contributed by atoms with Crippen molar-refractivity contribution in [2.45, 2.75) is 38.3 Å². The van der Waals surface area contributed by atoms with Gasteiger partial charge in [0.25, 0.3) is 0 Å². The first-order chi connectivity index (χ1) is 10.6. The molecule has 116 valence electrons. The van der Waals surface area contributed by atoms with Crippen LogP contribution in [0.25, 0.3) is 0 Å². The third-order valence-electron chi connectivity index (χ3n) is 3.95. The Bertz CT molecular complexity index is 655. The standard InChI is InChI=1S/C17H19FN2O2/c1-11(9-14-3-2-8-22-14)19-17(21)20-16-7-4-12-10-13(18)5-6-15(12)16/h2-3,5-6,8,10-11,16H,4,7,9H2,1H3,(H2,19,20,21)/t11?,16-/m1/s1. The molecular weight excluding hydrogens is 283 g/mol. The SMILES string of the molecule is CC(Cc1ccco1)NC(=O)N[C@@H]1CCc2cc(F)ccc21. The number of amides is 2. The average molecular weight is 302 g/mol. The first kappa shape index (κ1) is 14.6. The van der Waals surface area contributed by atoms with Gasteiger partial charge in [0.2, 0.25) is 0 Å². The number of carbonyl (C=O) groups is 1. The van der Waals surface area contributed by atoms with E-state index in [2.05, 4.69) is 10.6 Å². The van der Waals surface area contributed by atoms with Crippen molar-refractivity contribution in [2.24, 2.45) is 0 Å². The van der Waals surface area contributed by atoms with E-state index in [4.69, 9.17) is 4.42 Å². The number of aryl methyl sites for hydroxylation is 1. The molecule has 2 N–H and O–H groups in total. The Morgan fingerprint density at radius 3 is 3.09 bits per heavy atom. The van der Waals surface area contributed by atoms with E-state index in [1.54, 1.807) is 18.4 Å². The molecule has 0 aliphatic heterocycles. The van der Waals surface area contributed by atoms with Gasteiger partial charge in [-0.15, -0.1) is 0 Å². The second-order valence-corrected chi connectivity index (χ2v) is 5.74. The van der Waals surface area contributed by atoms with E-state index in [-0.39, 0.29) is 23.9 Å². The van der Waals surface area contributed by atoms with Crippen molar-refractivity contribution in [1.82, 2.24) is 10.6 Å². The lowest BCUT2D eigenvalue weighted by Crippen LogP contribution is -2.42. The summed E-state index contributed by atoms with van der Waals surface area (Å²) in [5.74, 6) is 0.616. The minimum Gasteiger partial charge on any atom is -0.469 e. The van der Waals surface area contributed by atoms with Crippen LogP contribution in [-0.4, -0.2) is 12.1 Å². The Kier molecular flexibility index (Phi) is 4.13. The number of hydrogen-bond acceptors (Lipinski definition) is 2. The smallest absolute Gasteiger partial charge is 0.315 e. The number of urea groups is 1. The Morgan fingerprint density at radius 2 is 2.32 bits per heavy atom. The van der Waals surface area contributed by atoms with Crippen LogP contribution in [0.2, 0.25) is 0 Å². The molecule has 0 spiro atoms. The molecule has 0 saturated carbocycles. The van der Waals surface area contributed by atoms with Crippen LogP contribution >= 0.6 is 0 Å². The summed E-state index contributed by atoms with van der Waals surface area (Å²) in [6.45, 7) is 1.93. The monoisotopic (exact) mass is 302 g/mol. The summed E-state index contributed by atoms with van der Waals surface area (Å²) in [6.07, 6.45) is 3.86. The van der Waals surface area contributed by atoms with Crippen molar-refractivity contribution in [2.75, 3.05) is 0 Å². The van der Waals surface area contributed by atoms with E-state index >= 15 is 0 Å². The molecule has 1 aromatic carbocycles. The predicted octanol–water partition coefficient (Wildman–Crippen LogP) is 3.34. The summed E-state index contributed by atoms with van der Waals surface area (Å²) in [5.41, 5.74) is 1.99. The normalized spacial score (nSPS) is 17.8. The van der Waals surface area contributed by atoms with E-state index in [0.29, 0.717) is 6.42 Å². The molecule has 3 rings (SSSR count). The fourth-order valence-electron chi connectivity index (χ4n) is 2.94. The van der Waals surface area contributed by atoms with Crippen LogP contribution in [0.5, 0.6) is 0 Å². The van der Waals surface area contributed by atoms with Crippen molar-refractivity contribution in [1.29, 1.82) is 0 Å². The van der Waals surface area contributed by atoms with Gasteiger partial charge in [-0.05, 0) is 55.2 Å². The third kappa shape index (κ3) is 3.30. The van der Waals surface area contributed by atoms with Crippen LogP contribution in [0.3, 0.4) is 0 Å². The van der Waals surface area contributed by atoms with Crippen molar-refractivity contribution in [3.8, 4) is 0 Å². The van der Waals surface area contributed by atoms with Crippen molar-refractivity contribution in [3.63, 3.8) is 0 Å². The number of carbonyl (C=O) groups excluding carboxylic acids is 1. The summed E-state index contributed by atoms with van der Waals surface area (Å²) in [5, 5.41) is 5.87. The Balaban J connectivity index is 1.55. The van der Waals surface area contributed by atoms with Crippen LogP contribution in [0, 0.1) is 5.82 Å². The lowest BCUT2D eigenvalue weighted by atomic mass is 10.1. The summed E-state index contributed by atoms with van der Waals surface area (Å²) in [4.78, 5) is 12.1. The molecule has 0 saturated heterocycles. The van der Waals surface area contributed by atoms with Crippen LogP contribution < -0.4 is 10.6 Å². The van der Waals surface area contributed by atoms with Crippen molar-refractivity contribution in [3.05, 3.63) is 59.3 Å². The highest BCUT2D eigenvalue weighted by Gasteiger charge is 2.24. The maximum Gasteiger partial charge on any atom is 0.315 e. The van der Waals surface area contributed by atoms with Crippen LogP contribution in [0.15, 0.2) is 41.0 Å². The van der Waals surface area contributed by atoms with Crippen molar-refractivity contribution < 1.29 is 13.6 Å². The molecule has 4 nitrogen and oxygen atoms in total. The molecule has 2 aromatic rings. The molecule has 1 aliphatic carbocycles. The van der Waals surface area contributed by atoms with E-state index in [0.717, 1.165) is 29.7 Å². The second kappa shape index (κ2) is 6.22. The molecule has 5 heteroatoms. The zero-order valence-electron chi connectivity index (χ0n) is 12.4. The van der Waals surface area contributed by atoms with Gasteiger partial charge in [-0.1, -0.05) is 6.07 Å². The first-order valence-corrected chi connectivity index (χ1v) is 7.49. The van der Waals surface area contributed by atoms with Crippen molar-refractivity contribution >= 4 is 6.03 Å². The second-order valence-electron chi connectivity index (χ2n) is 5.74. The lowest BCUT2D eigenvalue weighted by Gasteiger charge is -2.18. The highest BCUT2D eigenvalue weighted by Crippen LogP contribution is 2.31. The van der Waals surface area contributed by atoms with Gasteiger partial charge in [0.05, 0.1) is 12.3 Å². The van der Waals surface area contributed by atoms with Gasteiger partial charge in [0.15, 0.2) is 0 Å². The quantitative estimate of drug-likeness (QED) is 0.910. The molecule has 1 aromatic heterocycles. The van der Waals surface area contributed by atoms with Gasteiger partial charge >= 0.3 is 6.03 Å². The molecular formula is C17H19FN2O2.